The second kappa shape index (κ2) is 8.43. The van der Waals surface area contributed by atoms with Crippen molar-refractivity contribution in [2.45, 2.75) is 39.0 Å². The van der Waals surface area contributed by atoms with Crippen LogP contribution in [0.5, 0.6) is 0 Å². The van der Waals surface area contributed by atoms with Gasteiger partial charge in [-0.1, -0.05) is 24.3 Å². The first-order valence-corrected chi connectivity index (χ1v) is 11.1. The predicted octanol–water partition coefficient (Wildman–Crippen LogP) is 3.43. The molecule has 1 aliphatic heterocycles. The summed E-state index contributed by atoms with van der Waals surface area (Å²) in [4.78, 5) is 31.0. The average Bonchev–Trinajstić information content (AvgIpc) is 3.49. The molecule has 1 aromatic heterocycles. The van der Waals surface area contributed by atoms with Gasteiger partial charge in [0.2, 0.25) is 11.8 Å². The van der Waals surface area contributed by atoms with Gasteiger partial charge in [-0.2, -0.15) is 0 Å². The lowest BCUT2D eigenvalue weighted by Crippen LogP contribution is -2.43. The number of thiazole rings is 1. The molecule has 2 aromatic rings. The number of hydrogen-bond donors (Lipinski definition) is 1. The molecule has 2 heterocycles. The molecule has 2 amide bonds. The summed E-state index contributed by atoms with van der Waals surface area (Å²) in [5, 5.41) is 6.23. The Kier molecular flexibility index (Phi) is 5.76. The van der Waals surface area contributed by atoms with Crippen molar-refractivity contribution in [1.29, 1.82) is 0 Å². The zero-order valence-corrected chi connectivity index (χ0v) is 17.1. The molecule has 0 spiro atoms. The largest absolute Gasteiger partial charge is 0.356 e. The maximum absolute atomic E-state index is 12.4. The van der Waals surface area contributed by atoms with E-state index in [2.05, 4.69) is 39.9 Å². The highest BCUT2D eigenvalue weighted by molar-refractivity contribution is 7.09. The molecule has 4 rings (SSSR count). The summed E-state index contributed by atoms with van der Waals surface area (Å²) in [6.45, 7) is 4.12. The summed E-state index contributed by atoms with van der Waals surface area (Å²) in [6.07, 6.45) is 4.48. The van der Waals surface area contributed by atoms with Gasteiger partial charge >= 0.3 is 0 Å². The molecule has 2 aliphatic rings. The number of amides is 2. The predicted molar refractivity (Wildman–Crippen MR) is 111 cm³/mol. The van der Waals surface area contributed by atoms with Gasteiger partial charge in [-0.3, -0.25) is 9.59 Å². The van der Waals surface area contributed by atoms with E-state index in [0.717, 1.165) is 61.5 Å². The monoisotopic (exact) mass is 397 g/mol. The van der Waals surface area contributed by atoms with Crippen molar-refractivity contribution in [2.24, 2.45) is 11.8 Å². The smallest absolute Gasteiger partial charge is 0.225 e. The first-order chi connectivity index (χ1) is 13.6. The number of benzene rings is 1. The van der Waals surface area contributed by atoms with Gasteiger partial charge < -0.3 is 10.2 Å². The minimum atomic E-state index is 0.0403. The van der Waals surface area contributed by atoms with Crippen molar-refractivity contribution in [3.8, 4) is 11.3 Å². The van der Waals surface area contributed by atoms with Crippen LogP contribution in [0, 0.1) is 18.8 Å². The molecule has 1 aromatic carbocycles. The van der Waals surface area contributed by atoms with E-state index < -0.39 is 0 Å². The average molecular weight is 398 g/mol. The second-order valence-electron chi connectivity index (χ2n) is 7.86. The molecular weight excluding hydrogens is 370 g/mol. The van der Waals surface area contributed by atoms with E-state index in [-0.39, 0.29) is 17.7 Å². The molecule has 28 heavy (non-hydrogen) atoms. The summed E-state index contributed by atoms with van der Waals surface area (Å²) >= 11 is 1.66. The maximum Gasteiger partial charge on any atom is 0.225 e. The van der Waals surface area contributed by atoms with Crippen LogP contribution in [0.2, 0.25) is 0 Å². The number of aromatic nitrogens is 1. The molecular formula is C22H27N3O2S. The standard InChI is InChI=1S/C22H27N3O2S/c1-15-24-20(14-28-15)17-4-2-16(3-5-17)8-11-23-21(26)18-9-12-25(13-10-18)22(27)19-6-7-19/h2-5,14,18-19H,6-13H2,1H3,(H,23,26). The van der Waals surface area contributed by atoms with Crippen molar-refractivity contribution in [2.75, 3.05) is 19.6 Å². The van der Waals surface area contributed by atoms with Crippen molar-refractivity contribution >= 4 is 23.2 Å². The highest BCUT2D eigenvalue weighted by atomic mass is 32.1. The molecule has 1 saturated heterocycles. The van der Waals surface area contributed by atoms with Crippen LogP contribution < -0.4 is 5.32 Å². The van der Waals surface area contributed by atoms with E-state index >= 15 is 0 Å². The number of piperidine rings is 1. The third-order valence-electron chi connectivity index (χ3n) is 5.69. The van der Waals surface area contributed by atoms with Crippen molar-refractivity contribution in [1.82, 2.24) is 15.2 Å². The van der Waals surface area contributed by atoms with Crippen LogP contribution in [0.25, 0.3) is 11.3 Å². The third-order valence-corrected chi connectivity index (χ3v) is 6.46. The van der Waals surface area contributed by atoms with Gasteiger partial charge in [-0.05, 0) is 44.6 Å². The zero-order valence-electron chi connectivity index (χ0n) is 16.3. The van der Waals surface area contributed by atoms with E-state index in [1.54, 1.807) is 11.3 Å². The number of likely N-dealkylation sites (tertiary alicyclic amines) is 1. The number of hydrogen-bond acceptors (Lipinski definition) is 4. The summed E-state index contributed by atoms with van der Waals surface area (Å²) in [7, 11) is 0. The van der Waals surface area contributed by atoms with Gasteiger partial charge in [0.1, 0.15) is 0 Å². The summed E-state index contributed by atoms with van der Waals surface area (Å²) in [5.41, 5.74) is 3.36. The van der Waals surface area contributed by atoms with E-state index in [1.807, 2.05) is 11.8 Å². The minimum absolute atomic E-state index is 0.0403. The molecule has 5 nitrogen and oxygen atoms in total. The zero-order chi connectivity index (χ0) is 19.5. The summed E-state index contributed by atoms with van der Waals surface area (Å²) < 4.78 is 0. The molecule has 0 bridgehead atoms. The SMILES string of the molecule is Cc1nc(-c2ccc(CCNC(=O)C3CCN(C(=O)C4CC4)CC3)cc2)cs1. The molecule has 2 fully saturated rings. The Balaban J connectivity index is 1.19. The number of carbonyl (C=O) groups is 2. The highest BCUT2D eigenvalue weighted by Crippen LogP contribution is 2.32. The maximum atomic E-state index is 12.4. The van der Waals surface area contributed by atoms with Crippen molar-refractivity contribution < 1.29 is 9.59 Å². The van der Waals surface area contributed by atoms with Crippen LogP contribution in [-0.2, 0) is 16.0 Å². The molecule has 0 atom stereocenters. The van der Waals surface area contributed by atoms with Gasteiger partial charge in [-0.25, -0.2) is 4.98 Å². The molecule has 6 heteroatoms. The lowest BCUT2D eigenvalue weighted by Gasteiger charge is -2.31. The van der Waals surface area contributed by atoms with Gasteiger partial charge in [0.05, 0.1) is 10.7 Å². The lowest BCUT2D eigenvalue weighted by atomic mass is 9.95. The van der Waals surface area contributed by atoms with E-state index in [0.29, 0.717) is 12.5 Å². The topological polar surface area (TPSA) is 62.3 Å². The first-order valence-electron chi connectivity index (χ1n) is 10.2. The minimum Gasteiger partial charge on any atom is -0.356 e. The molecule has 0 radical (unpaired) electrons. The fourth-order valence-electron chi connectivity index (χ4n) is 3.76. The molecule has 1 saturated carbocycles. The number of aryl methyl sites for hydroxylation is 1. The quantitative estimate of drug-likeness (QED) is 0.812. The second-order valence-corrected chi connectivity index (χ2v) is 8.93. The van der Waals surface area contributed by atoms with Crippen LogP contribution in [0.1, 0.15) is 36.3 Å². The Labute approximate surface area is 170 Å². The lowest BCUT2D eigenvalue weighted by molar-refractivity contribution is -0.136. The van der Waals surface area contributed by atoms with Gasteiger partial charge in [0.15, 0.2) is 0 Å². The van der Waals surface area contributed by atoms with E-state index in [9.17, 15) is 9.59 Å². The van der Waals surface area contributed by atoms with Crippen molar-refractivity contribution in [3.63, 3.8) is 0 Å². The Morgan fingerprint density at radius 3 is 2.43 bits per heavy atom. The number of carbonyl (C=O) groups excluding carboxylic acids is 2. The van der Waals surface area contributed by atoms with Crippen LogP contribution in [0.15, 0.2) is 29.6 Å². The Hall–Kier alpha value is -2.21. The number of rotatable bonds is 6. The normalized spacial score (nSPS) is 17.5. The van der Waals surface area contributed by atoms with E-state index in [4.69, 9.17) is 0 Å². The van der Waals surface area contributed by atoms with Gasteiger partial charge in [0, 0.05) is 42.4 Å². The fourth-order valence-corrected chi connectivity index (χ4v) is 4.39. The fraction of sp³-hybridized carbons (Fsp3) is 0.500. The van der Waals surface area contributed by atoms with Gasteiger partial charge in [0.25, 0.3) is 0 Å². The highest BCUT2D eigenvalue weighted by Gasteiger charge is 2.35. The van der Waals surface area contributed by atoms with Crippen LogP contribution in [-0.4, -0.2) is 41.3 Å². The van der Waals surface area contributed by atoms with Crippen molar-refractivity contribution in [3.05, 3.63) is 40.2 Å². The first kappa shape index (κ1) is 19.1. The Morgan fingerprint density at radius 2 is 1.82 bits per heavy atom. The van der Waals surface area contributed by atoms with Gasteiger partial charge in [-0.15, -0.1) is 11.3 Å². The third kappa shape index (κ3) is 4.61. The number of nitrogens with zero attached hydrogens (tertiary/aromatic N) is 2. The Bertz CT molecular complexity index is 834. The van der Waals surface area contributed by atoms with Crippen LogP contribution in [0.3, 0.4) is 0 Å². The molecule has 1 N–H and O–H groups in total. The molecule has 0 unspecified atom stereocenters. The van der Waals surface area contributed by atoms with Crippen LogP contribution >= 0.6 is 11.3 Å². The van der Waals surface area contributed by atoms with E-state index in [1.165, 1.54) is 5.56 Å². The summed E-state index contributed by atoms with van der Waals surface area (Å²) in [5.74, 6) is 0.748. The molecule has 148 valence electrons. The Morgan fingerprint density at radius 1 is 1.11 bits per heavy atom. The number of nitrogens with one attached hydrogen (secondary N) is 1. The van der Waals surface area contributed by atoms with Crippen LogP contribution in [0.4, 0.5) is 0 Å². The summed E-state index contributed by atoms with van der Waals surface area (Å²) in [6, 6.07) is 8.41. The molecule has 1 aliphatic carbocycles.